The van der Waals surface area contributed by atoms with Gasteiger partial charge in [-0.25, -0.2) is 4.98 Å². The van der Waals surface area contributed by atoms with Crippen molar-refractivity contribution in [2.75, 3.05) is 12.3 Å². The highest BCUT2D eigenvalue weighted by Gasteiger charge is 2.21. The van der Waals surface area contributed by atoms with Crippen molar-refractivity contribution in [1.29, 1.82) is 0 Å². The lowest BCUT2D eigenvalue weighted by Crippen LogP contribution is -2.41. The standard InChI is InChI=1S/C14H15N5OS/c15-13(18-12(20)9-4-2-1-3-5-9)19-7-6-10-11(8-19)21-14(16)17-10/h1-5H,6-8H2,(H2,16,17)(H2,15,18,20). The first-order valence-electron chi connectivity index (χ1n) is 6.56. The van der Waals surface area contributed by atoms with Crippen molar-refractivity contribution >= 4 is 28.3 Å². The number of anilines is 1. The number of nitrogens with two attached hydrogens (primary N) is 2. The van der Waals surface area contributed by atoms with Crippen LogP contribution in [-0.2, 0) is 13.0 Å². The van der Waals surface area contributed by atoms with E-state index in [-0.39, 0.29) is 11.9 Å². The second-order valence-electron chi connectivity index (χ2n) is 4.73. The number of hydrogen-bond acceptors (Lipinski definition) is 4. The molecule has 0 aliphatic carbocycles. The number of nitrogens with zero attached hydrogens (tertiary/aromatic N) is 3. The summed E-state index contributed by atoms with van der Waals surface area (Å²) in [6, 6.07) is 8.89. The maximum absolute atomic E-state index is 12.0. The molecule has 6 nitrogen and oxygen atoms in total. The Morgan fingerprint density at radius 3 is 2.86 bits per heavy atom. The van der Waals surface area contributed by atoms with E-state index in [0.29, 0.717) is 23.8 Å². The second kappa shape index (κ2) is 5.53. The number of aliphatic imine (C=N–C) groups is 1. The Labute approximate surface area is 126 Å². The third-order valence-electron chi connectivity index (χ3n) is 3.31. The van der Waals surface area contributed by atoms with Crippen LogP contribution in [0.25, 0.3) is 0 Å². The number of amides is 1. The van der Waals surface area contributed by atoms with Gasteiger partial charge in [0.25, 0.3) is 5.91 Å². The molecule has 0 fully saturated rings. The van der Waals surface area contributed by atoms with E-state index in [1.807, 2.05) is 11.0 Å². The lowest BCUT2D eigenvalue weighted by atomic mass is 10.2. The summed E-state index contributed by atoms with van der Waals surface area (Å²) < 4.78 is 0. The number of carbonyl (C=O) groups excluding carboxylic acids is 1. The third-order valence-corrected chi connectivity index (χ3v) is 4.22. The first kappa shape index (κ1) is 13.6. The fraction of sp³-hybridized carbons (Fsp3) is 0.214. The molecule has 1 amide bonds. The predicted molar refractivity (Wildman–Crippen MR) is 83.0 cm³/mol. The number of aromatic nitrogens is 1. The fourth-order valence-electron chi connectivity index (χ4n) is 2.23. The molecular weight excluding hydrogens is 286 g/mol. The molecule has 0 spiro atoms. The van der Waals surface area contributed by atoms with Crippen LogP contribution in [-0.4, -0.2) is 28.3 Å². The second-order valence-corrected chi connectivity index (χ2v) is 5.85. The van der Waals surface area contributed by atoms with Gasteiger partial charge in [-0.3, -0.25) is 4.79 Å². The van der Waals surface area contributed by atoms with Crippen molar-refractivity contribution in [1.82, 2.24) is 9.88 Å². The molecule has 1 aliphatic rings. The van der Waals surface area contributed by atoms with Gasteiger partial charge in [0.05, 0.1) is 12.2 Å². The van der Waals surface area contributed by atoms with Crippen LogP contribution in [0.1, 0.15) is 20.9 Å². The minimum atomic E-state index is -0.331. The van der Waals surface area contributed by atoms with Crippen LogP contribution < -0.4 is 11.5 Å². The predicted octanol–water partition coefficient (Wildman–Crippen LogP) is 1.24. The number of carbonyl (C=O) groups is 1. The number of guanidine groups is 1. The molecule has 2 heterocycles. The normalized spacial score (nSPS) is 14.9. The molecule has 108 valence electrons. The molecular formula is C14H15N5OS. The molecule has 0 atom stereocenters. The lowest BCUT2D eigenvalue weighted by molar-refractivity contribution is 0.100. The number of fused-ring (bicyclic) bond motifs is 1. The zero-order valence-electron chi connectivity index (χ0n) is 11.3. The van der Waals surface area contributed by atoms with Crippen LogP contribution in [0, 0.1) is 0 Å². The van der Waals surface area contributed by atoms with E-state index in [0.717, 1.165) is 17.0 Å². The highest BCUT2D eigenvalue weighted by atomic mass is 32.1. The van der Waals surface area contributed by atoms with Crippen molar-refractivity contribution < 1.29 is 4.79 Å². The molecule has 0 bridgehead atoms. The summed E-state index contributed by atoms with van der Waals surface area (Å²) in [7, 11) is 0. The highest BCUT2D eigenvalue weighted by Crippen LogP contribution is 2.26. The first-order valence-corrected chi connectivity index (χ1v) is 7.37. The van der Waals surface area contributed by atoms with Gasteiger partial charge >= 0.3 is 0 Å². The molecule has 2 aromatic rings. The van der Waals surface area contributed by atoms with Gasteiger partial charge < -0.3 is 16.4 Å². The van der Waals surface area contributed by atoms with Gasteiger partial charge in [-0.1, -0.05) is 18.2 Å². The average Bonchev–Trinajstić information content (AvgIpc) is 2.87. The molecule has 0 saturated carbocycles. The Balaban J connectivity index is 1.75. The van der Waals surface area contributed by atoms with Crippen LogP contribution in [0.2, 0.25) is 0 Å². The van der Waals surface area contributed by atoms with Crippen molar-refractivity contribution in [3.8, 4) is 0 Å². The quantitative estimate of drug-likeness (QED) is 0.610. The summed E-state index contributed by atoms with van der Waals surface area (Å²) in [6.45, 7) is 1.29. The largest absolute Gasteiger partial charge is 0.375 e. The maximum Gasteiger partial charge on any atom is 0.280 e. The zero-order valence-corrected chi connectivity index (χ0v) is 12.1. The van der Waals surface area contributed by atoms with Crippen molar-refractivity contribution in [3.63, 3.8) is 0 Å². The Kier molecular flexibility index (Phi) is 3.57. The summed E-state index contributed by atoms with van der Waals surface area (Å²) in [5.41, 5.74) is 13.2. The van der Waals surface area contributed by atoms with E-state index in [4.69, 9.17) is 11.5 Å². The van der Waals surface area contributed by atoms with Gasteiger partial charge in [-0.05, 0) is 12.1 Å². The molecule has 0 saturated heterocycles. The molecule has 7 heteroatoms. The molecule has 3 rings (SSSR count). The van der Waals surface area contributed by atoms with E-state index in [9.17, 15) is 4.79 Å². The number of thiazole rings is 1. The number of rotatable bonds is 1. The van der Waals surface area contributed by atoms with E-state index in [1.165, 1.54) is 11.3 Å². The molecule has 4 N–H and O–H groups in total. The fourth-order valence-corrected chi connectivity index (χ4v) is 3.13. The van der Waals surface area contributed by atoms with E-state index in [2.05, 4.69) is 9.98 Å². The van der Waals surface area contributed by atoms with E-state index >= 15 is 0 Å². The molecule has 0 unspecified atom stereocenters. The number of benzene rings is 1. The molecule has 0 radical (unpaired) electrons. The first-order chi connectivity index (χ1) is 10.1. The minimum absolute atomic E-state index is 0.237. The molecule has 1 aromatic heterocycles. The van der Waals surface area contributed by atoms with Gasteiger partial charge in [0.15, 0.2) is 11.1 Å². The summed E-state index contributed by atoms with van der Waals surface area (Å²) in [5, 5.41) is 0.567. The van der Waals surface area contributed by atoms with Gasteiger partial charge in [0.1, 0.15) is 0 Å². The molecule has 1 aromatic carbocycles. The van der Waals surface area contributed by atoms with Crippen LogP contribution >= 0.6 is 11.3 Å². The summed E-state index contributed by atoms with van der Waals surface area (Å²) in [4.78, 5) is 23.2. The van der Waals surface area contributed by atoms with Crippen molar-refractivity contribution in [2.45, 2.75) is 13.0 Å². The Morgan fingerprint density at radius 1 is 1.33 bits per heavy atom. The number of nitrogen functional groups attached to an aromatic ring is 1. The topological polar surface area (TPSA) is 97.6 Å². The Bertz CT molecular complexity index is 695. The van der Waals surface area contributed by atoms with Crippen LogP contribution in [0.4, 0.5) is 5.13 Å². The molecule has 21 heavy (non-hydrogen) atoms. The van der Waals surface area contributed by atoms with E-state index in [1.54, 1.807) is 24.3 Å². The van der Waals surface area contributed by atoms with Gasteiger partial charge in [0.2, 0.25) is 0 Å². The maximum atomic E-state index is 12.0. The Hall–Kier alpha value is -2.41. The SMILES string of the molecule is NC(=NC(=O)c1ccccc1)N1CCc2nc(N)sc2C1. The monoisotopic (exact) mass is 301 g/mol. The van der Waals surface area contributed by atoms with E-state index < -0.39 is 0 Å². The van der Waals surface area contributed by atoms with Crippen LogP contribution in [0.15, 0.2) is 35.3 Å². The highest BCUT2D eigenvalue weighted by molar-refractivity contribution is 7.15. The van der Waals surface area contributed by atoms with Crippen LogP contribution in [0.5, 0.6) is 0 Å². The summed E-state index contributed by atoms with van der Waals surface area (Å²) in [5.74, 6) is -0.0933. The minimum Gasteiger partial charge on any atom is -0.375 e. The average molecular weight is 301 g/mol. The summed E-state index contributed by atoms with van der Waals surface area (Å²) >= 11 is 1.46. The van der Waals surface area contributed by atoms with Crippen molar-refractivity contribution in [3.05, 3.63) is 46.5 Å². The van der Waals surface area contributed by atoms with Gasteiger partial charge in [0, 0.05) is 23.4 Å². The van der Waals surface area contributed by atoms with Gasteiger partial charge in [-0.2, -0.15) is 4.99 Å². The third kappa shape index (κ3) is 2.87. The summed E-state index contributed by atoms with van der Waals surface area (Å²) in [6.07, 6.45) is 0.763. The Morgan fingerprint density at radius 2 is 2.10 bits per heavy atom. The van der Waals surface area contributed by atoms with Crippen LogP contribution in [0.3, 0.4) is 0 Å². The number of hydrogen-bond donors (Lipinski definition) is 2. The lowest BCUT2D eigenvalue weighted by Gasteiger charge is -2.26. The van der Waals surface area contributed by atoms with Gasteiger partial charge in [-0.15, -0.1) is 11.3 Å². The molecule has 1 aliphatic heterocycles. The van der Waals surface area contributed by atoms with Crippen molar-refractivity contribution in [2.24, 2.45) is 10.7 Å². The smallest absolute Gasteiger partial charge is 0.280 e. The zero-order chi connectivity index (χ0) is 14.8.